The number of amides is 1. The maximum atomic E-state index is 12.0. The van der Waals surface area contributed by atoms with Gasteiger partial charge in [0, 0.05) is 11.2 Å². The van der Waals surface area contributed by atoms with E-state index in [9.17, 15) is 9.59 Å². The summed E-state index contributed by atoms with van der Waals surface area (Å²) in [5.74, 6) is -1.71. The van der Waals surface area contributed by atoms with E-state index in [0.29, 0.717) is 10.7 Å². The molecular weight excluding hydrogens is 282 g/mol. The molecule has 0 saturated carbocycles. The Kier molecular flexibility index (Phi) is 3.95. The minimum Gasteiger partial charge on any atom is -0.478 e. The summed E-state index contributed by atoms with van der Waals surface area (Å²) >= 11 is 5.80. The van der Waals surface area contributed by atoms with E-state index in [-0.39, 0.29) is 16.9 Å². The highest BCUT2D eigenvalue weighted by Crippen LogP contribution is 2.21. The van der Waals surface area contributed by atoms with Crippen LogP contribution in [0.2, 0.25) is 5.02 Å². The highest BCUT2D eigenvalue weighted by Gasteiger charge is 2.15. The van der Waals surface area contributed by atoms with Crippen LogP contribution in [0.3, 0.4) is 0 Å². The minimum absolute atomic E-state index is 0.0529. The van der Waals surface area contributed by atoms with Crippen molar-refractivity contribution in [2.75, 3.05) is 5.32 Å². The van der Waals surface area contributed by atoms with Crippen molar-refractivity contribution in [2.45, 2.75) is 6.92 Å². The Hall–Kier alpha value is -2.47. The average molecular weight is 292 g/mol. The summed E-state index contributed by atoms with van der Waals surface area (Å²) in [4.78, 5) is 30.9. The zero-order valence-corrected chi connectivity index (χ0v) is 11.2. The normalized spacial score (nSPS) is 10.1. The van der Waals surface area contributed by atoms with Crippen molar-refractivity contribution < 1.29 is 14.7 Å². The lowest BCUT2D eigenvalue weighted by molar-refractivity contribution is 0.0698. The number of aromatic carboxylic acids is 1. The molecular formula is C13H10ClN3O3. The predicted octanol–water partition coefficient (Wildman–Crippen LogP) is 2.39. The van der Waals surface area contributed by atoms with Gasteiger partial charge in [-0.05, 0) is 25.1 Å². The molecule has 1 aromatic heterocycles. The number of anilines is 1. The first-order chi connectivity index (χ1) is 9.47. The zero-order valence-electron chi connectivity index (χ0n) is 10.4. The highest BCUT2D eigenvalue weighted by molar-refractivity contribution is 6.31. The minimum atomic E-state index is -1.16. The van der Waals surface area contributed by atoms with Crippen LogP contribution in [0.5, 0.6) is 0 Å². The molecule has 0 saturated heterocycles. The Morgan fingerprint density at radius 2 is 2.00 bits per heavy atom. The van der Waals surface area contributed by atoms with Gasteiger partial charge in [0.2, 0.25) is 0 Å². The van der Waals surface area contributed by atoms with E-state index in [1.165, 1.54) is 30.6 Å². The maximum Gasteiger partial charge on any atom is 0.337 e. The van der Waals surface area contributed by atoms with E-state index in [4.69, 9.17) is 16.7 Å². The van der Waals surface area contributed by atoms with Crippen molar-refractivity contribution in [2.24, 2.45) is 0 Å². The van der Waals surface area contributed by atoms with E-state index >= 15 is 0 Å². The first-order valence-corrected chi connectivity index (χ1v) is 5.98. The lowest BCUT2D eigenvalue weighted by atomic mass is 10.1. The third kappa shape index (κ3) is 3.10. The summed E-state index contributed by atoms with van der Waals surface area (Å²) < 4.78 is 0. The molecule has 0 unspecified atom stereocenters. The number of nitrogens with zero attached hydrogens (tertiary/aromatic N) is 2. The van der Waals surface area contributed by atoms with Gasteiger partial charge < -0.3 is 10.4 Å². The van der Waals surface area contributed by atoms with E-state index in [0.717, 1.165) is 0 Å². The number of nitrogens with one attached hydrogen (secondary N) is 1. The fourth-order valence-electron chi connectivity index (χ4n) is 1.50. The predicted molar refractivity (Wildman–Crippen MR) is 73.1 cm³/mol. The smallest absolute Gasteiger partial charge is 0.337 e. The Morgan fingerprint density at radius 1 is 1.25 bits per heavy atom. The van der Waals surface area contributed by atoms with Gasteiger partial charge in [0.15, 0.2) is 0 Å². The third-order valence-corrected chi connectivity index (χ3v) is 2.71. The Balaban J connectivity index is 2.29. The van der Waals surface area contributed by atoms with Crippen LogP contribution in [0.25, 0.3) is 0 Å². The van der Waals surface area contributed by atoms with Crippen molar-refractivity contribution in [3.8, 4) is 0 Å². The number of aryl methyl sites for hydroxylation is 1. The van der Waals surface area contributed by atoms with Crippen LogP contribution in [-0.4, -0.2) is 27.0 Å². The Labute approximate surface area is 119 Å². The van der Waals surface area contributed by atoms with Crippen molar-refractivity contribution in [3.63, 3.8) is 0 Å². The van der Waals surface area contributed by atoms with Crippen LogP contribution in [-0.2, 0) is 0 Å². The van der Waals surface area contributed by atoms with Gasteiger partial charge in [-0.2, -0.15) is 0 Å². The first-order valence-electron chi connectivity index (χ1n) is 5.60. The number of hydrogen-bond donors (Lipinski definition) is 2. The Morgan fingerprint density at radius 3 is 2.60 bits per heavy atom. The molecule has 1 amide bonds. The van der Waals surface area contributed by atoms with Gasteiger partial charge in [-0.15, -0.1) is 0 Å². The monoisotopic (exact) mass is 291 g/mol. The lowest BCUT2D eigenvalue weighted by Crippen LogP contribution is -2.16. The molecule has 2 rings (SSSR count). The van der Waals surface area contributed by atoms with Crippen molar-refractivity contribution in [1.29, 1.82) is 0 Å². The summed E-state index contributed by atoms with van der Waals surface area (Å²) in [6.45, 7) is 1.74. The number of halogens is 1. The molecule has 1 aromatic carbocycles. The molecule has 2 aromatic rings. The molecule has 20 heavy (non-hydrogen) atoms. The molecule has 0 bridgehead atoms. The quantitative estimate of drug-likeness (QED) is 0.906. The number of carbonyl (C=O) groups is 2. The third-order valence-electron chi connectivity index (χ3n) is 2.47. The zero-order chi connectivity index (χ0) is 14.7. The second kappa shape index (κ2) is 5.66. The molecule has 6 nitrogen and oxygen atoms in total. The van der Waals surface area contributed by atoms with Gasteiger partial charge in [-0.1, -0.05) is 11.6 Å². The van der Waals surface area contributed by atoms with Crippen LogP contribution in [0.4, 0.5) is 5.69 Å². The summed E-state index contributed by atoms with van der Waals surface area (Å²) in [6.07, 6.45) is 2.76. The summed E-state index contributed by atoms with van der Waals surface area (Å²) in [7, 11) is 0. The molecule has 0 aliphatic carbocycles. The highest BCUT2D eigenvalue weighted by atomic mass is 35.5. The summed E-state index contributed by atoms with van der Waals surface area (Å²) in [6, 6.07) is 4.12. The topological polar surface area (TPSA) is 92.2 Å². The number of benzene rings is 1. The Bertz CT molecular complexity index is 671. The molecule has 0 atom stereocenters. The van der Waals surface area contributed by atoms with Crippen molar-refractivity contribution in [1.82, 2.24) is 9.97 Å². The van der Waals surface area contributed by atoms with Gasteiger partial charge in [0.1, 0.15) is 5.69 Å². The van der Waals surface area contributed by atoms with E-state index in [1.807, 2.05) is 0 Å². The molecule has 0 aliphatic rings. The fourth-order valence-corrected chi connectivity index (χ4v) is 1.67. The summed E-state index contributed by atoms with van der Waals surface area (Å²) in [5, 5.41) is 11.8. The van der Waals surface area contributed by atoms with Crippen LogP contribution < -0.4 is 5.32 Å². The number of aromatic nitrogens is 2. The van der Waals surface area contributed by atoms with Gasteiger partial charge in [0.25, 0.3) is 5.91 Å². The van der Waals surface area contributed by atoms with Gasteiger partial charge in [-0.25, -0.2) is 9.78 Å². The van der Waals surface area contributed by atoms with Crippen molar-refractivity contribution in [3.05, 3.63) is 52.6 Å². The molecule has 0 radical (unpaired) electrons. The molecule has 7 heteroatoms. The van der Waals surface area contributed by atoms with Crippen LogP contribution in [0, 0.1) is 6.92 Å². The largest absolute Gasteiger partial charge is 0.478 e. The first kappa shape index (κ1) is 14.0. The van der Waals surface area contributed by atoms with Gasteiger partial charge in [0.05, 0.1) is 23.1 Å². The standard InChI is InChI=1S/C13H10ClN3O3/c1-7-5-16-11(6-15-7)12(18)17-10-4-8(14)2-3-9(10)13(19)20/h2-6H,1H3,(H,17,18)(H,19,20). The van der Waals surface area contributed by atoms with Gasteiger partial charge >= 0.3 is 5.97 Å². The van der Waals surface area contributed by atoms with Gasteiger partial charge in [-0.3, -0.25) is 9.78 Å². The maximum absolute atomic E-state index is 12.0. The number of hydrogen-bond acceptors (Lipinski definition) is 4. The number of carboxylic acids is 1. The lowest BCUT2D eigenvalue weighted by Gasteiger charge is -2.08. The van der Waals surface area contributed by atoms with Crippen LogP contribution >= 0.6 is 11.6 Å². The second-order valence-electron chi connectivity index (χ2n) is 3.99. The molecule has 2 N–H and O–H groups in total. The van der Waals surface area contributed by atoms with E-state index in [1.54, 1.807) is 6.92 Å². The number of carboxylic acid groups (broad SMARTS) is 1. The molecule has 102 valence electrons. The molecule has 0 fully saturated rings. The SMILES string of the molecule is Cc1cnc(C(=O)Nc2cc(Cl)ccc2C(=O)O)cn1. The second-order valence-corrected chi connectivity index (χ2v) is 4.43. The van der Waals surface area contributed by atoms with Crippen LogP contribution in [0.1, 0.15) is 26.5 Å². The average Bonchev–Trinajstić information content (AvgIpc) is 2.39. The molecule has 0 aliphatic heterocycles. The number of carbonyl (C=O) groups excluding carboxylic acids is 1. The fraction of sp³-hybridized carbons (Fsp3) is 0.0769. The summed E-state index contributed by atoms with van der Waals surface area (Å²) in [5.41, 5.74) is 0.822. The molecule has 0 spiro atoms. The van der Waals surface area contributed by atoms with E-state index in [2.05, 4.69) is 15.3 Å². The van der Waals surface area contributed by atoms with E-state index < -0.39 is 11.9 Å². The number of rotatable bonds is 3. The molecule has 1 heterocycles. The van der Waals surface area contributed by atoms with Crippen molar-refractivity contribution >= 4 is 29.2 Å². The van der Waals surface area contributed by atoms with Crippen LogP contribution in [0.15, 0.2) is 30.6 Å².